The van der Waals surface area contributed by atoms with Crippen molar-refractivity contribution in [2.24, 2.45) is 0 Å². The number of rotatable bonds is 9. The molecule has 0 aliphatic carbocycles. The van der Waals surface area contributed by atoms with Crippen LogP contribution < -0.4 is 5.32 Å². The number of benzene rings is 1. The Labute approximate surface area is 164 Å². The zero-order valence-corrected chi connectivity index (χ0v) is 16.6. The van der Waals surface area contributed by atoms with Gasteiger partial charge in [0.25, 0.3) is 0 Å². The highest BCUT2D eigenvalue weighted by molar-refractivity contribution is 8.03. The summed E-state index contributed by atoms with van der Waals surface area (Å²) in [6, 6.07) is 11.9. The van der Waals surface area contributed by atoms with Crippen LogP contribution in [0.1, 0.15) is 19.1 Å². The maximum Gasteiger partial charge on any atom is 0.230 e. The summed E-state index contributed by atoms with van der Waals surface area (Å²) in [5, 5.41) is 15.2. The van der Waals surface area contributed by atoms with Crippen LogP contribution in [0, 0.1) is 0 Å². The van der Waals surface area contributed by atoms with Crippen LogP contribution in [-0.2, 0) is 10.5 Å². The lowest BCUT2D eigenvalue weighted by atomic mass is 10.1. The van der Waals surface area contributed by atoms with E-state index in [1.165, 1.54) is 23.1 Å². The van der Waals surface area contributed by atoms with Crippen molar-refractivity contribution in [1.82, 2.24) is 20.7 Å². The molecule has 0 unspecified atom stereocenters. The second-order valence-corrected chi connectivity index (χ2v) is 8.73. The summed E-state index contributed by atoms with van der Waals surface area (Å²) in [7, 11) is 0. The van der Waals surface area contributed by atoms with Crippen LogP contribution in [0.2, 0.25) is 0 Å². The molecule has 0 saturated heterocycles. The lowest BCUT2D eigenvalue weighted by Gasteiger charge is -2.00. The van der Waals surface area contributed by atoms with E-state index in [1.54, 1.807) is 11.8 Å². The van der Waals surface area contributed by atoms with E-state index in [4.69, 9.17) is 4.52 Å². The zero-order valence-electron chi connectivity index (χ0n) is 14.2. The summed E-state index contributed by atoms with van der Waals surface area (Å²) in [6.07, 6.45) is 0.934. The van der Waals surface area contributed by atoms with E-state index < -0.39 is 0 Å². The fourth-order valence-electron chi connectivity index (χ4n) is 2.02. The predicted octanol–water partition coefficient (Wildman–Crippen LogP) is 4.10. The van der Waals surface area contributed by atoms with Gasteiger partial charge in [0.15, 0.2) is 8.68 Å². The number of nitrogens with one attached hydrogen (secondary N) is 1. The fraction of sp³-hybridized carbons (Fsp3) is 0.294. The predicted molar refractivity (Wildman–Crippen MR) is 105 cm³/mol. The molecule has 26 heavy (non-hydrogen) atoms. The molecule has 1 amide bonds. The molecule has 0 fully saturated rings. The second-order valence-electron chi connectivity index (χ2n) is 5.31. The molecule has 0 atom stereocenters. The van der Waals surface area contributed by atoms with Gasteiger partial charge in [-0.1, -0.05) is 77.3 Å². The Kier molecular flexibility index (Phi) is 7.10. The number of thioether (sulfide) groups is 2. The van der Waals surface area contributed by atoms with Crippen molar-refractivity contribution in [3.63, 3.8) is 0 Å². The lowest BCUT2D eigenvalue weighted by molar-refractivity contribution is -0.118. The van der Waals surface area contributed by atoms with Gasteiger partial charge in [0.2, 0.25) is 5.91 Å². The highest BCUT2D eigenvalue weighted by atomic mass is 32.2. The molecule has 3 aromatic rings. The maximum atomic E-state index is 11.6. The minimum Gasteiger partial charge on any atom is -0.360 e. The van der Waals surface area contributed by atoms with Crippen molar-refractivity contribution in [3.8, 4) is 11.3 Å². The van der Waals surface area contributed by atoms with Gasteiger partial charge in [0.05, 0.1) is 11.5 Å². The van der Waals surface area contributed by atoms with Crippen LogP contribution in [0.4, 0.5) is 0 Å². The zero-order chi connectivity index (χ0) is 18.2. The summed E-state index contributed by atoms with van der Waals surface area (Å²) < 4.78 is 7.03. The average Bonchev–Trinajstić information content (AvgIpc) is 3.33. The molecule has 3 rings (SSSR count). The quantitative estimate of drug-likeness (QED) is 0.536. The second kappa shape index (κ2) is 9.75. The molecule has 2 heterocycles. The van der Waals surface area contributed by atoms with Crippen molar-refractivity contribution >= 4 is 40.8 Å². The minimum absolute atomic E-state index is 0.0244. The first kappa shape index (κ1) is 18.9. The molecule has 1 aromatic carbocycles. The van der Waals surface area contributed by atoms with Crippen LogP contribution in [0.5, 0.6) is 0 Å². The molecule has 136 valence electrons. The number of carbonyl (C=O) groups excluding carboxylic acids is 1. The first-order valence-electron chi connectivity index (χ1n) is 8.11. The van der Waals surface area contributed by atoms with E-state index in [9.17, 15) is 4.79 Å². The van der Waals surface area contributed by atoms with Crippen molar-refractivity contribution in [2.45, 2.75) is 27.8 Å². The Morgan fingerprint density at radius 1 is 1.19 bits per heavy atom. The van der Waals surface area contributed by atoms with Gasteiger partial charge in [-0.15, -0.1) is 10.2 Å². The third kappa shape index (κ3) is 5.58. The number of nitrogens with zero attached hydrogens (tertiary/aromatic N) is 3. The van der Waals surface area contributed by atoms with Crippen molar-refractivity contribution in [1.29, 1.82) is 0 Å². The van der Waals surface area contributed by atoms with Gasteiger partial charge in [-0.05, 0) is 6.42 Å². The topological polar surface area (TPSA) is 80.9 Å². The van der Waals surface area contributed by atoms with Gasteiger partial charge < -0.3 is 9.84 Å². The van der Waals surface area contributed by atoms with Gasteiger partial charge in [-0.3, -0.25) is 4.79 Å². The Balaban J connectivity index is 1.48. The Bertz CT molecular complexity index is 835. The average molecular weight is 407 g/mol. The highest BCUT2D eigenvalue weighted by Crippen LogP contribution is 2.31. The Morgan fingerprint density at radius 2 is 1.96 bits per heavy atom. The SMILES string of the molecule is CCCNC(=O)CSc1nnc(SCc2cc(-c3ccccc3)no2)s1. The number of hydrogen-bond acceptors (Lipinski definition) is 8. The van der Waals surface area contributed by atoms with Crippen LogP contribution in [0.15, 0.2) is 49.6 Å². The minimum atomic E-state index is 0.0244. The fourth-order valence-corrected chi connectivity index (χ4v) is 4.74. The molecule has 0 saturated carbocycles. The molecule has 0 bridgehead atoms. The maximum absolute atomic E-state index is 11.6. The largest absolute Gasteiger partial charge is 0.360 e. The summed E-state index contributed by atoms with van der Waals surface area (Å²) in [5.41, 5.74) is 1.86. The molecule has 0 aliphatic rings. The highest BCUT2D eigenvalue weighted by Gasteiger charge is 2.11. The molecule has 9 heteroatoms. The summed E-state index contributed by atoms with van der Waals surface area (Å²) in [5.74, 6) is 1.81. The molecule has 0 radical (unpaired) electrons. The monoisotopic (exact) mass is 406 g/mol. The standard InChI is InChI=1S/C17H18N4O2S3/c1-2-8-18-15(22)11-25-17-20-19-16(26-17)24-10-13-9-14(21-23-13)12-6-4-3-5-7-12/h3-7,9H,2,8,10-11H2,1H3,(H,18,22). The van der Waals surface area contributed by atoms with Gasteiger partial charge in [0.1, 0.15) is 11.5 Å². The van der Waals surface area contributed by atoms with Crippen LogP contribution in [0.25, 0.3) is 11.3 Å². The van der Waals surface area contributed by atoms with Crippen molar-refractivity contribution < 1.29 is 9.32 Å². The van der Waals surface area contributed by atoms with E-state index in [0.717, 1.165) is 32.1 Å². The van der Waals surface area contributed by atoms with Crippen LogP contribution in [0.3, 0.4) is 0 Å². The van der Waals surface area contributed by atoms with E-state index in [0.29, 0.717) is 18.1 Å². The first-order chi connectivity index (χ1) is 12.7. The molecule has 1 N–H and O–H groups in total. The Morgan fingerprint density at radius 3 is 2.73 bits per heavy atom. The third-order valence-electron chi connectivity index (χ3n) is 3.25. The molecule has 6 nitrogen and oxygen atoms in total. The number of aromatic nitrogens is 3. The summed E-state index contributed by atoms with van der Waals surface area (Å²) >= 11 is 4.44. The van der Waals surface area contributed by atoms with E-state index in [2.05, 4.69) is 20.7 Å². The smallest absolute Gasteiger partial charge is 0.230 e. The molecule has 2 aromatic heterocycles. The summed E-state index contributed by atoms with van der Waals surface area (Å²) in [4.78, 5) is 11.6. The lowest BCUT2D eigenvalue weighted by Crippen LogP contribution is -2.25. The normalized spacial score (nSPS) is 10.8. The molecular formula is C17H18N4O2S3. The van der Waals surface area contributed by atoms with Crippen molar-refractivity contribution in [2.75, 3.05) is 12.3 Å². The van der Waals surface area contributed by atoms with Crippen molar-refractivity contribution in [3.05, 3.63) is 42.2 Å². The van der Waals surface area contributed by atoms with E-state index >= 15 is 0 Å². The first-order valence-corrected chi connectivity index (χ1v) is 10.9. The third-order valence-corrected chi connectivity index (χ3v) is 6.47. The molecule has 0 aliphatic heterocycles. The molecular weight excluding hydrogens is 388 g/mol. The van der Waals surface area contributed by atoms with Crippen LogP contribution in [-0.4, -0.2) is 33.6 Å². The van der Waals surface area contributed by atoms with Gasteiger partial charge >= 0.3 is 0 Å². The number of amides is 1. The van der Waals surface area contributed by atoms with Gasteiger partial charge in [-0.2, -0.15) is 0 Å². The van der Waals surface area contributed by atoms with E-state index in [1.807, 2.05) is 43.3 Å². The molecule has 0 spiro atoms. The van der Waals surface area contributed by atoms with Crippen LogP contribution >= 0.6 is 34.9 Å². The van der Waals surface area contributed by atoms with E-state index in [-0.39, 0.29) is 5.91 Å². The van der Waals surface area contributed by atoms with Gasteiger partial charge in [-0.25, -0.2) is 0 Å². The van der Waals surface area contributed by atoms with Gasteiger partial charge in [0, 0.05) is 18.2 Å². The summed E-state index contributed by atoms with van der Waals surface area (Å²) in [6.45, 7) is 2.73. The number of carbonyl (C=O) groups is 1. The number of hydrogen-bond donors (Lipinski definition) is 1. The Hall–Kier alpha value is -1.84.